The molecule has 0 aliphatic heterocycles. The zero-order valence-corrected chi connectivity index (χ0v) is 13.9. The highest BCUT2D eigenvalue weighted by atomic mass is 19.2. The highest BCUT2D eigenvalue weighted by Crippen LogP contribution is 2.42. The Kier molecular flexibility index (Phi) is 6.01. The van der Waals surface area contributed by atoms with Gasteiger partial charge in [-0.1, -0.05) is 0 Å². The molecule has 1 aliphatic rings. The lowest BCUT2D eigenvalue weighted by Gasteiger charge is -2.11. The first-order chi connectivity index (χ1) is 12.3. The van der Waals surface area contributed by atoms with Crippen LogP contribution >= 0.6 is 0 Å². The van der Waals surface area contributed by atoms with Crippen LogP contribution in [-0.4, -0.2) is 41.1 Å². The summed E-state index contributed by atoms with van der Waals surface area (Å²) in [7, 11) is 0. The summed E-state index contributed by atoms with van der Waals surface area (Å²) in [6, 6.07) is 0.233. The number of aliphatic hydroxyl groups is 2. The second-order valence-electron chi connectivity index (χ2n) is 5.79. The minimum atomic E-state index is -2.12. The summed E-state index contributed by atoms with van der Waals surface area (Å²) in [5.74, 6) is -9.98. The van der Waals surface area contributed by atoms with Crippen LogP contribution in [0.3, 0.4) is 0 Å². The van der Waals surface area contributed by atoms with E-state index in [9.17, 15) is 27.5 Å². The number of rotatable bonds is 7. The second kappa shape index (κ2) is 7.86. The molecule has 142 valence electrons. The van der Waals surface area contributed by atoms with Crippen LogP contribution in [0.4, 0.5) is 17.6 Å². The SMILES string of the molecule is CCOC(=O)C(C=NC1(CCO)CC1)=C(O)c1cc(F)c(F)c(F)c1F. The Morgan fingerprint density at radius 1 is 1.27 bits per heavy atom. The number of carbonyl (C=O) groups excluding carboxylic acids is 1. The van der Waals surface area contributed by atoms with Gasteiger partial charge in [0.1, 0.15) is 11.3 Å². The lowest BCUT2D eigenvalue weighted by Crippen LogP contribution is -2.15. The monoisotopic (exact) mass is 375 g/mol. The number of esters is 1. The third-order valence-corrected chi connectivity index (χ3v) is 3.98. The quantitative estimate of drug-likeness (QED) is 0.146. The minimum absolute atomic E-state index is 0.0835. The van der Waals surface area contributed by atoms with Gasteiger partial charge in [-0.2, -0.15) is 0 Å². The summed E-state index contributed by atoms with van der Waals surface area (Å²) in [4.78, 5) is 16.1. The molecule has 9 heteroatoms. The van der Waals surface area contributed by atoms with Gasteiger partial charge in [0.15, 0.2) is 23.3 Å². The lowest BCUT2D eigenvalue weighted by molar-refractivity contribution is -0.137. The van der Waals surface area contributed by atoms with Gasteiger partial charge in [0.2, 0.25) is 0 Å². The van der Waals surface area contributed by atoms with Crippen LogP contribution in [0.5, 0.6) is 0 Å². The Balaban J connectivity index is 2.53. The summed E-state index contributed by atoms with van der Waals surface area (Å²) in [5, 5.41) is 19.2. The van der Waals surface area contributed by atoms with E-state index in [-0.39, 0.29) is 19.3 Å². The molecule has 0 bridgehead atoms. The molecular formula is C17H17F4NO4. The van der Waals surface area contributed by atoms with Gasteiger partial charge in [-0.15, -0.1) is 0 Å². The Bertz CT molecular complexity index is 773. The predicted molar refractivity (Wildman–Crippen MR) is 84.6 cm³/mol. The van der Waals surface area contributed by atoms with Crippen molar-refractivity contribution in [2.45, 2.75) is 31.7 Å². The maximum atomic E-state index is 13.9. The highest BCUT2D eigenvalue weighted by Gasteiger charge is 2.41. The smallest absolute Gasteiger partial charge is 0.343 e. The molecule has 0 heterocycles. The van der Waals surface area contributed by atoms with Crippen LogP contribution in [0.15, 0.2) is 16.6 Å². The first kappa shape index (κ1) is 19.9. The Hall–Kier alpha value is -2.42. The number of hydrogen-bond donors (Lipinski definition) is 2. The zero-order valence-electron chi connectivity index (χ0n) is 13.9. The number of carbonyl (C=O) groups is 1. The molecule has 26 heavy (non-hydrogen) atoms. The molecule has 2 N–H and O–H groups in total. The van der Waals surface area contributed by atoms with Crippen LogP contribution < -0.4 is 0 Å². The average molecular weight is 375 g/mol. The van der Waals surface area contributed by atoms with Gasteiger partial charge in [0, 0.05) is 12.8 Å². The topological polar surface area (TPSA) is 79.1 Å². The third-order valence-electron chi connectivity index (χ3n) is 3.98. The summed E-state index contributed by atoms with van der Waals surface area (Å²) < 4.78 is 58.5. The number of ether oxygens (including phenoxy) is 1. The largest absolute Gasteiger partial charge is 0.506 e. The number of nitrogens with zero attached hydrogens (tertiary/aromatic N) is 1. The molecule has 0 amide bonds. The Morgan fingerprint density at radius 3 is 2.46 bits per heavy atom. The van der Waals surface area contributed by atoms with E-state index in [1.807, 2.05) is 0 Å². The minimum Gasteiger partial charge on any atom is -0.506 e. The van der Waals surface area contributed by atoms with E-state index in [1.54, 1.807) is 0 Å². The maximum absolute atomic E-state index is 13.9. The fourth-order valence-corrected chi connectivity index (χ4v) is 2.31. The molecule has 0 spiro atoms. The molecule has 0 radical (unpaired) electrons. The first-order valence-electron chi connectivity index (χ1n) is 7.86. The van der Waals surface area contributed by atoms with Crippen molar-refractivity contribution in [3.63, 3.8) is 0 Å². The number of aliphatic imine (C=N–C) groups is 1. The molecule has 1 aromatic carbocycles. The summed E-state index contributed by atoms with van der Waals surface area (Å²) in [6.45, 7) is 1.25. The van der Waals surface area contributed by atoms with Crippen LogP contribution in [-0.2, 0) is 9.53 Å². The summed E-state index contributed by atoms with van der Waals surface area (Å²) in [6.07, 6.45) is 2.49. The van der Waals surface area contributed by atoms with Crippen molar-refractivity contribution >= 4 is 17.9 Å². The van der Waals surface area contributed by atoms with E-state index in [1.165, 1.54) is 6.92 Å². The molecule has 2 rings (SSSR count). The van der Waals surface area contributed by atoms with E-state index in [2.05, 4.69) is 4.99 Å². The number of benzene rings is 1. The van der Waals surface area contributed by atoms with Crippen molar-refractivity contribution in [3.8, 4) is 0 Å². The Morgan fingerprint density at radius 2 is 1.92 bits per heavy atom. The lowest BCUT2D eigenvalue weighted by atomic mass is 10.1. The van der Waals surface area contributed by atoms with E-state index < -0.39 is 51.7 Å². The number of aliphatic hydroxyl groups excluding tert-OH is 2. The molecule has 0 aromatic heterocycles. The van der Waals surface area contributed by atoms with Gasteiger partial charge in [-0.05, 0) is 32.3 Å². The molecule has 1 aliphatic carbocycles. The van der Waals surface area contributed by atoms with Crippen molar-refractivity contribution in [1.29, 1.82) is 0 Å². The van der Waals surface area contributed by atoms with Crippen LogP contribution in [0.25, 0.3) is 5.76 Å². The third kappa shape index (κ3) is 4.04. The molecule has 0 unspecified atom stereocenters. The molecule has 1 fully saturated rings. The van der Waals surface area contributed by atoms with Crippen LogP contribution in [0.2, 0.25) is 0 Å². The predicted octanol–water partition coefficient (Wildman–Crippen LogP) is 3.06. The van der Waals surface area contributed by atoms with Crippen molar-refractivity contribution in [3.05, 3.63) is 40.5 Å². The Labute approximate surface area is 146 Å². The normalized spacial score (nSPS) is 16.5. The van der Waals surface area contributed by atoms with Crippen LogP contribution in [0, 0.1) is 23.3 Å². The van der Waals surface area contributed by atoms with E-state index >= 15 is 0 Å². The second-order valence-corrected chi connectivity index (χ2v) is 5.79. The van der Waals surface area contributed by atoms with Crippen LogP contribution in [0.1, 0.15) is 31.7 Å². The fraction of sp³-hybridized carbons (Fsp3) is 0.412. The van der Waals surface area contributed by atoms with E-state index in [4.69, 9.17) is 9.84 Å². The maximum Gasteiger partial charge on any atom is 0.343 e. The summed E-state index contributed by atoms with van der Waals surface area (Å²) >= 11 is 0. The van der Waals surface area contributed by atoms with Crippen molar-refractivity contribution < 1.29 is 37.3 Å². The van der Waals surface area contributed by atoms with Gasteiger partial charge < -0.3 is 14.9 Å². The van der Waals surface area contributed by atoms with Gasteiger partial charge in [-0.25, -0.2) is 22.4 Å². The van der Waals surface area contributed by atoms with Gasteiger partial charge in [0.25, 0.3) is 0 Å². The standard InChI is InChI=1S/C17H17F4NO4/c1-2-26-16(25)10(8-22-17(3-4-17)5-6-23)15(24)9-7-11(18)13(20)14(21)12(9)19/h7-8,23-24H,2-6H2,1H3. The molecule has 1 aromatic rings. The average Bonchev–Trinajstić information content (AvgIpc) is 3.36. The van der Waals surface area contributed by atoms with Gasteiger partial charge in [0.05, 0.1) is 17.7 Å². The van der Waals surface area contributed by atoms with Gasteiger partial charge >= 0.3 is 5.97 Å². The van der Waals surface area contributed by atoms with E-state index in [0.717, 1.165) is 6.21 Å². The fourth-order valence-electron chi connectivity index (χ4n) is 2.31. The van der Waals surface area contributed by atoms with Gasteiger partial charge in [-0.3, -0.25) is 4.99 Å². The number of hydrogen-bond acceptors (Lipinski definition) is 5. The first-order valence-corrected chi connectivity index (χ1v) is 7.86. The van der Waals surface area contributed by atoms with E-state index in [0.29, 0.717) is 19.3 Å². The zero-order chi connectivity index (χ0) is 19.5. The van der Waals surface area contributed by atoms with Crippen molar-refractivity contribution in [2.75, 3.05) is 13.2 Å². The molecule has 1 saturated carbocycles. The van der Waals surface area contributed by atoms with Crippen molar-refractivity contribution in [1.82, 2.24) is 0 Å². The molecule has 5 nitrogen and oxygen atoms in total. The van der Waals surface area contributed by atoms with Crippen molar-refractivity contribution in [2.24, 2.45) is 4.99 Å². The molecule has 0 atom stereocenters. The number of halogens is 4. The molecule has 0 saturated heterocycles. The molecular weight excluding hydrogens is 358 g/mol. The summed E-state index contributed by atoms with van der Waals surface area (Å²) in [5.41, 5.74) is -2.28. The highest BCUT2D eigenvalue weighted by molar-refractivity contribution is 6.15.